The maximum Gasteiger partial charge on any atom is 0.261 e. The Bertz CT molecular complexity index is 4740. The minimum Gasteiger partial charge on any atom is -0.492 e. The van der Waals surface area contributed by atoms with Crippen LogP contribution in [0.1, 0.15) is 49.7 Å². The first-order valence-electron chi connectivity index (χ1n) is 31.2. The van der Waals surface area contributed by atoms with Gasteiger partial charge in [-0.15, -0.1) is 0 Å². The van der Waals surface area contributed by atoms with Gasteiger partial charge in [-0.3, -0.25) is 34.6 Å². The Morgan fingerprint density at radius 2 is 1.35 bits per heavy atom. The highest BCUT2D eigenvalue weighted by Crippen LogP contribution is 2.41. The number of amides is 1. The van der Waals surface area contributed by atoms with E-state index >= 15 is 8.78 Å². The van der Waals surface area contributed by atoms with E-state index in [4.69, 9.17) is 24.7 Å². The second kappa shape index (κ2) is 25.1. The van der Waals surface area contributed by atoms with Gasteiger partial charge in [-0.25, -0.2) is 22.2 Å². The number of anilines is 1. The van der Waals surface area contributed by atoms with Gasteiger partial charge in [-0.2, -0.15) is 10.2 Å². The zero-order chi connectivity index (χ0) is 63.2. The van der Waals surface area contributed by atoms with Crippen LogP contribution in [0.4, 0.5) is 23.2 Å². The van der Waals surface area contributed by atoms with Crippen LogP contribution < -0.4 is 14.8 Å². The molecule has 468 valence electrons. The van der Waals surface area contributed by atoms with Gasteiger partial charge in [0.2, 0.25) is 5.91 Å². The Hall–Kier alpha value is -9.76. The van der Waals surface area contributed by atoms with Gasteiger partial charge in [0.15, 0.2) is 0 Å². The SMILES string of the molecule is Cc1cc2[nH]nc(-c3cc4c(-c5cc(F)cc(OCCN(C)Cn6nc(-c7cc8c(-c9cc(F)cc(OCCN(C)C)c9)cccc8[nH]7)c7cc(-c8cncc(NC(=O)C9CCCCC9)c8)ncc76)c5)cccc4[nH]3)c2cc1-c1cncc(CN2CCC(F)(F)C2)c1. The number of benzene rings is 5. The molecule has 0 unspecified atom stereocenters. The van der Waals surface area contributed by atoms with Crippen LogP contribution in [-0.2, 0) is 18.0 Å². The quantitative estimate of drug-likeness (QED) is 0.0535. The molecule has 2 fully saturated rings. The summed E-state index contributed by atoms with van der Waals surface area (Å²) in [7, 11) is 5.89. The van der Waals surface area contributed by atoms with Crippen molar-refractivity contribution in [2.24, 2.45) is 5.92 Å². The number of carbonyl (C=O) groups excluding carboxylic acids is 1. The van der Waals surface area contributed by atoms with E-state index in [1.165, 1.54) is 24.3 Å². The maximum atomic E-state index is 15.8. The van der Waals surface area contributed by atoms with Gasteiger partial charge in [0, 0.05) is 113 Å². The second-order valence-electron chi connectivity index (χ2n) is 24.9. The molecule has 0 atom stereocenters. The molecule has 92 heavy (non-hydrogen) atoms. The number of likely N-dealkylation sites (tertiary alicyclic amines) is 1. The number of nitrogens with one attached hydrogen (secondary N) is 4. The van der Waals surface area contributed by atoms with Crippen molar-refractivity contribution in [1.82, 2.24) is 59.6 Å². The third-order valence-corrected chi connectivity index (χ3v) is 17.7. The molecule has 0 spiro atoms. The van der Waals surface area contributed by atoms with Gasteiger partial charge in [0.05, 0.1) is 59.4 Å². The average Bonchev–Trinajstić information content (AvgIpc) is 1.63. The molecule has 20 heteroatoms. The highest BCUT2D eigenvalue weighted by molar-refractivity contribution is 6.04. The number of aromatic amines is 3. The van der Waals surface area contributed by atoms with E-state index < -0.39 is 17.6 Å². The molecule has 16 nitrogen and oxygen atoms in total. The number of aromatic nitrogens is 9. The van der Waals surface area contributed by atoms with Crippen LogP contribution in [-0.4, -0.2) is 132 Å². The monoisotopic (exact) mass is 1240 g/mol. The summed E-state index contributed by atoms with van der Waals surface area (Å²) in [5.74, 6) is -2.70. The lowest BCUT2D eigenvalue weighted by atomic mass is 9.88. The molecule has 12 aromatic rings. The number of ether oxygens (including phenoxy) is 2. The first-order chi connectivity index (χ1) is 44.6. The molecule has 8 heterocycles. The first kappa shape index (κ1) is 59.8. The van der Waals surface area contributed by atoms with Gasteiger partial charge >= 0.3 is 0 Å². The zero-order valence-corrected chi connectivity index (χ0v) is 51.6. The summed E-state index contributed by atoms with van der Waals surface area (Å²) in [6.45, 7) is 4.61. The van der Waals surface area contributed by atoms with Crippen LogP contribution in [0.2, 0.25) is 0 Å². The molecular formula is C72H69F4N13O3. The van der Waals surface area contributed by atoms with Crippen molar-refractivity contribution in [3.8, 4) is 78.9 Å². The number of H-pyrrole nitrogens is 3. The van der Waals surface area contributed by atoms with Gasteiger partial charge < -0.3 is 29.7 Å². The first-order valence-corrected chi connectivity index (χ1v) is 31.2. The normalized spacial score (nSPS) is 14.7. The number of fused-ring (bicyclic) bond motifs is 4. The summed E-state index contributed by atoms with van der Waals surface area (Å²) in [4.78, 5) is 40.3. The Balaban J connectivity index is 0.714. The smallest absolute Gasteiger partial charge is 0.261 e. The minimum absolute atomic E-state index is 0.0110. The van der Waals surface area contributed by atoms with Gasteiger partial charge in [-0.1, -0.05) is 43.5 Å². The number of alkyl halides is 2. The van der Waals surface area contributed by atoms with Crippen molar-refractivity contribution in [1.29, 1.82) is 0 Å². The Morgan fingerprint density at radius 3 is 2.03 bits per heavy atom. The molecule has 4 N–H and O–H groups in total. The van der Waals surface area contributed by atoms with E-state index in [0.29, 0.717) is 84.8 Å². The number of halogens is 4. The van der Waals surface area contributed by atoms with Gasteiger partial charge in [0.25, 0.3) is 5.92 Å². The van der Waals surface area contributed by atoms with Crippen molar-refractivity contribution < 1.29 is 31.8 Å². The zero-order valence-electron chi connectivity index (χ0n) is 51.6. The van der Waals surface area contributed by atoms with Gasteiger partial charge in [-0.05, 0) is 159 Å². The van der Waals surface area contributed by atoms with Crippen LogP contribution in [0.15, 0.2) is 146 Å². The molecule has 1 aliphatic carbocycles. The van der Waals surface area contributed by atoms with E-state index in [1.807, 2.05) is 117 Å². The Labute approximate surface area is 528 Å². The van der Waals surface area contributed by atoms with Crippen molar-refractivity contribution in [3.05, 3.63) is 169 Å². The number of carbonyl (C=O) groups is 1. The molecule has 2 aliphatic rings. The number of rotatable bonds is 20. The van der Waals surface area contributed by atoms with E-state index in [-0.39, 0.29) is 31.4 Å². The fraction of sp³-hybridized carbons (Fsp3) is 0.278. The third-order valence-electron chi connectivity index (χ3n) is 17.7. The molecule has 0 bridgehead atoms. The minimum atomic E-state index is -2.67. The highest BCUT2D eigenvalue weighted by atomic mass is 19.3. The summed E-state index contributed by atoms with van der Waals surface area (Å²) < 4.78 is 73.4. The number of nitrogens with zero attached hydrogens (tertiary/aromatic N) is 9. The lowest BCUT2D eigenvalue weighted by molar-refractivity contribution is -0.120. The van der Waals surface area contributed by atoms with Crippen LogP contribution in [0.25, 0.3) is 111 Å². The number of hydrogen-bond donors (Lipinski definition) is 4. The molecule has 0 radical (unpaired) electrons. The fourth-order valence-electron chi connectivity index (χ4n) is 13.0. The summed E-state index contributed by atoms with van der Waals surface area (Å²) in [6.07, 6.45) is 13.6. The van der Waals surface area contributed by atoms with E-state index in [0.717, 1.165) is 126 Å². The molecule has 1 saturated carbocycles. The molecular weight excluding hydrogens is 1170 g/mol. The number of pyridine rings is 3. The van der Waals surface area contributed by atoms with E-state index in [1.54, 1.807) is 35.9 Å². The topological polar surface area (TPSA) is 174 Å². The lowest BCUT2D eigenvalue weighted by Gasteiger charge is -2.20. The van der Waals surface area contributed by atoms with E-state index in [9.17, 15) is 13.6 Å². The van der Waals surface area contributed by atoms with Crippen molar-refractivity contribution in [3.63, 3.8) is 0 Å². The number of aryl methyl sites for hydroxylation is 1. The van der Waals surface area contributed by atoms with Crippen LogP contribution in [0.5, 0.6) is 11.5 Å². The lowest BCUT2D eigenvalue weighted by Crippen LogP contribution is -2.27. The summed E-state index contributed by atoms with van der Waals surface area (Å²) in [6, 6.07) is 35.5. The van der Waals surface area contributed by atoms with E-state index in [2.05, 4.69) is 47.4 Å². The largest absolute Gasteiger partial charge is 0.492 e. The molecule has 14 rings (SSSR count). The molecule has 1 aliphatic heterocycles. The average molecular weight is 1240 g/mol. The fourth-order valence-corrected chi connectivity index (χ4v) is 13.0. The van der Waals surface area contributed by atoms with Crippen molar-refractivity contribution in [2.45, 2.75) is 64.6 Å². The standard InChI is InChI=1S/C72H69F4N13O3/c1-43-22-65-60(31-57(43)48-23-44(35-77-36-48)40-88-17-16-72(75,76)41-88)69(84-83-65)66-32-58-55(12-8-14-62(58)81-66)47-25-51(74)30-54(28-47)92-21-19-87(4)42-89-68-39-79-64(49-26-52(38-78-37-49)80-71(90)45-10-6-5-7-11-45)34-61(68)70(85-89)67-33-59-56(13-9-15-63(59)82-67)46-24-50(73)29-53(27-46)91-20-18-86(2)3/h8-9,12-15,22-39,45,81-82H,5-7,10-11,16-21,40-42H2,1-4H3,(H,80,90)(H,83,84). The summed E-state index contributed by atoms with van der Waals surface area (Å²) in [5.41, 5.74) is 14.8. The molecule has 1 amide bonds. The van der Waals surface area contributed by atoms with Crippen molar-refractivity contribution in [2.75, 3.05) is 65.9 Å². The highest BCUT2D eigenvalue weighted by Gasteiger charge is 2.38. The molecule has 1 saturated heterocycles. The van der Waals surface area contributed by atoms with Crippen molar-refractivity contribution >= 4 is 55.2 Å². The molecule has 5 aromatic carbocycles. The third kappa shape index (κ3) is 12.7. The maximum absolute atomic E-state index is 15.8. The molecule has 7 aromatic heterocycles. The van der Waals surface area contributed by atoms with Crippen LogP contribution in [0.3, 0.4) is 0 Å². The van der Waals surface area contributed by atoms with Crippen LogP contribution in [0, 0.1) is 24.5 Å². The number of hydrogen-bond acceptors (Lipinski definition) is 11. The van der Waals surface area contributed by atoms with Gasteiger partial charge in [0.1, 0.15) is 47.7 Å². The number of likely N-dealkylation sites (N-methyl/N-ethyl adjacent to an activating group) is 2. The Kier molecular flexibility index (Phi) is 16.4. The predicted molar refractivity (Wildman–Crippen MR) is 352 cm³/mol. The Morgan fingerprint density at radius 1 is 0.674 bits per heavy atom. The summed E-state index contributed by atoms with van der Waals surface area (Å²) in [5, 5.41) is 19.8. The summed E-state index contributed by atoms with van der Waals surface area (Å²) >= 11 is 0. The van der Waals surface area contributed by atoms with Crippen LogP contribution >= 0.6 is 0 Å². The predicted octanol–water partition coefficient (Wildman–Crippen LogP) is 14.9. The second-order valence-corrected chi connectivity index (χ2v) is 24.9.